The maximum absolute atomic E-state index is 12.6. The lowest BCUT2D eigenvalue weighted by Crippen LogP contribution is -2.54. The second kappa shape index (κ2) is 8.48. The van der Waals surface area contributed by atoms with Crippen molar-refractivity contribution < 1.29 is 19.5 Å². The molecule has 0 aliphatic carbocycles. The average Bonchev–Trinajstić information content (AvgIpc) is 3.01. The van der Waals surface area contributed by atoms with Crippen molar-refractivity contribution in [3.05, 3.63) is 36.0 Å². The van der Waals surface area contributed by atoms with E-state index in [0.717, 1.165) is 16.5 Å². The molecule has 0 fully saturated rings. The van der Waals surface area contributed by atoms with Crippen LogP contribution in [-0.2, 0) is 20.8 Å². The van der Waals surface area contributed by atoms with Crippen molar-refractivity contribution in [2.45, 2.75) is 32.4 Å². The van der Waals surface area contributed by atoms with Crippen LogP contribution in [0.1, 0.15) is 19.4 Å². The van der Waals surface area contributed by atoms with E-state index < -0.39 is 29.9 Å². The minimum Gasteiger partial charge on any atom is -0.480 e. The molecule has 2 atom stereocenters. The van der Waals surface area contributed by atoms with Crippen LogP contribution in [0.3, 0.4) is 0 Å². The van der Waals surface area contributed by atoms with Gasteiger partial charge in [0.1, 0.15) is 12.1 Å². The lowest BCUT2D eigenvalue weighted by Gasteiger charge is -2.23. The van der Waals surface area contributed by atoms with Gasteiger partial charge in [0, 0.05) is 23.5 Å². The summed E-state index contributed by atoms with van der Waals surface area (Å²) in [7, 11) is 0. The zero-order valence-corrected chi connectivity index (χ0v) is 14.8. The van der Waals surface area contributed by atoms with Crippen LogP contribution in [0.5, 0.6) is 0 Å². The number of para-hydroxylation sites is 1. The van der Waals surface area contributed by atoms with Crippen molar-refractivity contribution in [1.29, 1.82) is 0 Å². The summed E-state index contributed by atoms with van der Waals surface area (Å²) in [5, 5.41) is 15.3. The monoisotopic (exact) mass is 360 g/mol. The van der Waals surface area contributed by atoms with Crippen molar-refractivity contribution >= 4 is 28.7 Å². The van der Waals surface area contributed by atoms with Crippen LogP contribution >= 0.6 is 0 Å². The van der Waals surface area contributed by atoms with Gasteiger partial charge in [-0.05, 0) is 17.5 Å². The highest BCUT2D eigenvalue weighted by atomic mass is 16.4. The molecule has 0 aliphatic heterocycles. The Hall–Kier alpha value is -2.87. The third-order valence-corrected chi connectivity index (χ3v) is 4.17. The number of carbonyl (C=O) groups is 3. The Labute approximate surface area is 151 Å². The van der Waals surface area contributed by atoms with E-state index in [4.69, 9.17) is 5.73 Å². The standard InChI is InChI=1S/C18H24N4O4/c1-10(2)16(18(25)26)22-17(24)14(21-15(23)8-19)7-11-9-20-13-6-4-3-5-12(11)13/h3-6,9-10,14,16,20H,7-8,19H2,1-2H3,(H,21,23)(H,22,24)(H,25,26)/t14-,16-/m0/s1. The Morgan fingerprint density at radius 1 is 1.19 bits per heavy atom. The number of amides is 2. The number of aliphatic carboxylic acids is 1. The Morgan fingerprint density at radius 2 is 1.88 bits per heavy atom. The van der Waals surface area contributed by atoms with Crippen molar-refractivity contribution in [3.8, 4) is 0 Å². The smallest absolute Gasteiger partial charge is 0.326 e. The zero-order valence-electron chi connectivity index (χ0n) is 14.8. The maximum atomic E-state index is 12.6. The van der Waals surface area contributed by atoms with Crippen LogP contribution in [0, 0.1) is 5.92 Å². The summed E-state index contributed by atoms with van der Waals surface area (Å²) in [6.07, 6.45) is 1.99. The number of carboxylic acids is 1. The molecule has 8 nitrogen and oxygen atoms in total. The lowest BCUT2D eigenvalue weighted by molar-refractivity contribution is -0.143. The molecule has 0 saturated carbocycles. The summed E-state index contributed by atoms with van der Waals surface area (Å²) in [5.41, 5.74) is 7.09. The van der Waals surface area contributed by atoms with Crippen LogP contribution in [0.25, 0.3) is 10.9 Å². The first kappa shape index (κ1) is 19.5. The van der Waals surface area contributed by atoms with E-state index in [2.05, 4.69) is 15.6 Å². The third-order valence-electron chi connectivity index (χ3n) is 4.17. The fraction of sp³-hybridized carbons (Fsp3) is 0.389. The summed E-state index contributed by atoms with van der Waals surface area (Å²) in [6.45, 7) is 3.14. The van der Waals surface area contributed by atoms with E-state index in [1.807, 2.05) is 24.3 Å². The van der Waals surface area contributed by atoms with Crippen LogP contribution in [0.4, 0.5) is 0 Å². The predicted octanol–water partition coefficient (Wildman–Crippen LogP) is 0.379. The highest BCUT2D eigenvalue weighted by Gasteiger charge is 2.28. The molecule has 0 aliphatic rings. The van der Waals surface area contributed by atoms with Gasteiger partial charge in [0.15, 0.2) is 0 Å². The Bertz CT molecular complexity index is 799. The number of aromatic nitrogens is 1. The van der Waals surface area contributed by atoms with Gasteiger partial charge in [0.25, 0.3) is 0 Å². The largest absolute Gasteiger partial charge is 0.480 e. The minimum atomic E-state index is -1.12. The highest BCUT2D eigenvalue weighted by molar-refractivity contribution is 5.92. The van der Waals surface area contributed by atoms with E-state index in [1.165, 1.54) is 0 Å². The van der Waals surface area contributed by atoms with E-state index in [0.29, 0.717) is 0 Å². The number of nitrogens with two attached hydrogens (primary N) is 1. The predicted molar refractivity (Wildman–Crippen MR) is 97.4 cm³/mol. The van der Waals surface area contributed by atoms with Crippen LogP contribution < -0.4 is 16.4 Å². The molecule has 1 aromatic carbocycles. The van der Waals surface area contributed by atoms with Crippen molar-refractivity contribution in [3.63, 3.8) is 0 Å². The fourth-order valence-corrected chi connectivity index (χ4v) is 2.75. The van der Waals surface area contributed by atoms with Crippen LogP contribution in [0.2, 0.25) is 0 Å². The molecule has 0 radical (unpaired) electrons. The third kappa shape index (κ3) is 4.60. The Kier molecular flexibility index (Phi) is 6.35. The number of aromatic amines is 1. The van der Waals surface area contributed by atoms with Gasteiger partial charge in [-0.25, -0.2) is 4.79 Å². The summed E-state index contributed by atoms with van der Waals surface area (Å²) in [4.78, 5) is 38.8. The molecule has 2 rings (SSSR count). The summed E-state index contributed by atoms with van der Waals surface area (Å²) in [5.74, 6) is -2.46. The summed E-state index contributed by atoms with van der Waals surface area (Å²) in [6, 6.07) is 5.63. The van der Waals surface area contributed by atoms with Gasteiger partial charge in [0.2, 0.25) is 11.8 Å². The topological polar surface area (TPSA) is 137 Å². The average molecular weight is 360 g/mol. The molecule has 6 N–H and O–H groups in total. The number of nitrogens with one attached hydrogen (secondary N) is 3. The molecule has 0 unspecified atom stereocenters. The Balaban J connectivity index is 2.23. The first-order valence-corrected chi connectivity index (χ1v) is 8.41. The van der Waals surface area contributed by atoms with Crippen LogP contribution in [-0.4, -0.2) is 46.5 Å². The zero-order chi connectivity index (χ0) is 19.3. The fourth-order valence-electron chi connectivity index (χ4n) is 2.75. The number of hydrogen-bond acceptors (Lipinski definition) is 4. The van der Waals surface area contributed by atoms with Gasteiger partial charge in [-0.15, -0.1) is 0 Å². The molecule has 0 bridgehead atoms. The van der Waals surface area contributed by atoms with Crippen molar-refractivity contribution in [2.75, 3.05) is 6.54 Å². The lowest BCUT2D eigenvalue weighted by atomic mass is 10.0. The molecule has 2 amide bonds. The van der Waals surface area contributed by atoms with Crippen molar-refractivity contribution in [1.82, 2.24) is 15.6 Å². The number of hydrogen-bond donors (Lipinski definition) is 5. The number of carboxylic acid groups (broad SMARTS) is 1. The first-order valence-electron chi connectivity index (χ1n) is 8.41. The molecule has 0 saturated heterocycles. The molecule has 0 spiro atoms. The number of rotatable bonds is 8. The summed E-state index contributed by atoms with van der Waals surface area (Å²) >= 11 is 0. The number of benzene rings is 1. The second-order valence-electron chi connectivity index (χ2n) is 6.46. The van der Waals surface area contributed by atoms with Gasteiger partial charge in [-0.3, -0.25) is 9.59 Å². The van der Waals surface area contributed by atoms with E-state index >= 15 is 0 Å². The van der Waals surface area contributed by atoms with Gasteiger partial charge in [0.05, 0.1) is 6.54 Å². The quantitative estimate of drug-likeness (QED) is 0.463. The normalized spacial score (nSPS) is 13.4. The molecule has 2 aromatic rings. The highest BCUT2D eigenvalue weighted by Crippen LogP contribution is 2.19. The number of H-pyrrole nitrogens is 1. The molecular weight excluding hydrogens is 336 g/mol. The van der Waals surface area contributed by atoms with Crippen molar-refractivity contribution in [2.24, 2.45) is 11.7 Å². The van der Waals surface area contributed by atoms with Gasteiger partial charge in [-0.2, -0.15) is 0 Å². The van der Waals surface area contributed by atoms with E-state index in [-0.39, 0.29) is 18.9 Å². The first-order chi connectivity index (χ1) is 12.3. The molecule has 1 aromatic heterocycles. The van der Waals surface area contributed by atoms with Gasteiger partial charge >= 0.3 is 5.97 Å². The number of fused-ring (bicyclic) bond motifs is 1. The SMILES string of the molecule is CC(C)[C@H](NC(=O)[C@H](Cc1c[nH]c2ccccc12)NC(=O)CN)C(=O)O. The number of carbonyl (C=O) groups excluding carboxylic acids is 2. The molecule has 8 heteroatoms. The molecule has 26 heavy (non-hydrogen) atoms. The van der Waals surface area contributed by atoms with E-state index in [1.54, 1.807) is 20.0 Å². The van der Waals surface area contributed by atoms with Gasteiger partial charge < -0.3 is 26.5 Å². The van der Waals surface area contributed by atoms with Crippen LogP contribution in [0.15, 0.2) is 30.5 Å². The second-order valence-corrected chi connectivity index (χ2v) is 6.46. The Morgan fingerprint density at radius 3 is 2.50 bits per heavy atom. The minimum absolute atomic E-state index is 0.214. The molecule has 1 heterocycles. The van der Waals surface area contributed by atoms with Gasteiger partial charge in [-0.1, -0.05) is 32.0 Å². The molecule has 140 valence electrons. The summed E-state index contributed by atoms with van der Waals surface area (Å²) < 4.78 is 0. The molecular formula is C18H24N4O4. The van der Waals surface area contributed by atoms with E-state index in [9.17, 15) is 19.5 Å². The maximum Gasteiger partial charge on any atom is 0.326 e.